The highest BCUT2D eigenvalue weighted by Crippen LogP contribution is 2.38. The van der Waals surface area contributed by atoms with Crippen LogP contribution in [-0.2, 0) is 0 Å². The van der Waals surface area contributed by atoms with E-state index in [2.05, 4.69) is 0 Å². The maximum absolute atomic E-state index is 5.98. The first-order valence-corrected chi connectivity index (χ1v) is 7.27. The molecule has 0 aliphatic rings. The molecule has 3 aromatic rings. The third-order valence-electron chi connectivity index (χ3n) is 3.31. The first kappa shape index (κ1) is 27.8. The Morgan fingerprint density at radius 1 is 0.500 bits per heavy atom. The van der Waals surface area contributed by atoms with E-state index >= 15 is 0 Å². The van der Waals surface area contributed by atoms with Crippen molar-refractivity contribution in [2.24, 2.45) is 0 Å². The van der Waals surface area contributed by atoms with Gasteiger partial charge in [-0.3, -0.25) is 0 Å². The Hall–Kier alpha value is -2.38. The molecule has 0 aliphatic carbocycles. The van der Waals surface area contributed by atoms with Gasteiger partial charge < -0.3 is 32.4 Å². The third-order valence-corrected chi connectivity index (χ3v) is 3.31. The lowest BCUT2D eigenvalue weighted by atomic mass is 10.2. The average Bonchev–Trinajstić information content (AvgIpc) is 2.52. The molecule has 154 valence electrons. The minimum atomic E-state index is 0. The Bertz CT molecular complexity index is 828. The number of benzene rings is 3. The molecule has 0 bridgehead atoms. The van der Waals surface area contributed by atoms with Crippen LogP contribution in [0.3, 0.4) is 0 Å². The van der Waals surface area contributed by atoms with Crippen LogP contribution in [0.15, 0.2) is 60.7 Å². The fourth-order valence-electron chi connectivity index (χ4n) is 2.18. The van der Waals surface area contributed by atoms with E-state index in [1.54, 1.807) is 60.7 Å². The Kier molecular flexibility index (Phi) is 12.1. The molecule has 8 N–H and O–H groups in total. The summed E-state index contributed by atoms with van der Waals surface area (Å²) in [7, 11) is 0. The third kappa shape index (κ3) is 6.98. The lowest BCUT2D eigenvalue weighted by molar-refractivity contribution is 0.463. The van der Waals surface area contributed by atoms with Crippen molar-refractivity contribution >= 4 is 72.4 Å². The highest BCUT2D eigenvalue weighted by molar-refractivity contribution is 5.86. The molecule has 0 unspecified atom stereocenters. The number of halogens is 4. The van der Waals surface area contributed by atoms with Crippen molar-refractivity contribution in [1.82, 2.24) is 0 Å². The Balaban J connectivity index is 0. The normalized spacial score (nSPS) is 8.86. The minimum Gasteiger partial charge on any atom is -0.455 e. The topological polar surface area (TPSA) is 123 Å². The van der Waals surface area contributed by atoms with Crippen molar-refractivity contribution in [3.63, 3.8) is 0 Å². The molecule has 28 heavy (non-hydrogen) atoms. The van der Waals surface area contributed by atoms with Crippen LogP contribution in [0.1, 0.15) is 0 Å². The number of anilines is 4. The fourth-order valence-corrected chi connectivity index (χ4v) is 2.18. The maximum Gasteiger partial charge on any atom is 0.154 e. The lowest BCUT2D eigenvalue weighted by Gasteiger charge is -2.14. The zero-order valence-corrected chi connectivity index (χ0v) is 17.8. The Morgan fingerprint density at radius 2 is 0.893 bits per heavy atom. The Morgan fingerprint density at radius 3 is 1.25 bits per heavy atom. The van der Waals surface area contributed by atoms with Crippen LogP contribution in [-0.4, -0.2) is 0 Å². The van der Waals surface area contributed by atoms with Crippen molar-refractivity contribution in [2.75, 3.05) is 22.9 Å². The van der Waals surface area contributed by atoms with Crippen molar-refractivity contribution in [1.29, 1.82) is 0 Å². The summed E-state index contributed by atoms with van der Waals surface area (Å²) in [5.41, 5.74) is 25.5. The van der Waals surface area contributed by atoms with E-state index in [9.17, 15) is 0 Å². The van der Waals surface area contributed by atoms with Gasteiger partial charge in [-0.1, -0.05) is 12.1 Å². The van der Waals surface area contributed by atoms with Gasteiger partial charge in [0.15, 0.2) is 11.5 Å². The molecule has 0 spiro atoms. The standard InChI is InChI=1S/C18H18N4O2.4ClH/c19-11-3-1-5-13(7-11)23-17-10-18(16(22)9-15(17)21)24-14-6-2-4-12(20)8-14;;;;/h1-10H,19-22H2;4*1H. The first-order chi connectivity index (χ1) is 11.5. The van der Waals surface area contributed by atoms with E-state index in [0.717, 1.165) is 0 Å². The van der Waals surface area contributed by atoms with E-state index < -0.39 is 0 Å². The SMILES string of the molecule is Cl.Cl.Cl.Cl.Nc1cccc(Oc2cc(Oc3cccc(N)c3)c(N)cc2N)c1. The molecule has 0 aromatic heterocycles. The van der Waals surface area contributed by atoms with E-state index in [-0.39, 0.29) is 49.6 Å². The summed E-state index contributed by atoms with van der Waals surface area (Å²) in [4.78, 5) is 0. The van der Waals surface area contributed by atoms with Crippen LogP contribution in [0.2, 0.25) is 0 Å². The van der Waals surface area contributed by atoms with Gasteiger partial charge in [0.2, 0.25) is 0 Å². The predicted molar refractivity (Wildman–Crippen MR) is 126 cm³/mol. The monoisotopic (exact) mass is 466 g/mol. The van der Waals surface area contributed by atoms with E-state index in [1.165, 1.54) is 0 Å². The number of hydrogen-bond acceptors (Lipinski definition) is 6. The number of ether oxygens (including phenoxy) is 2. The van der Waals surface area contributed by atoms with Crippen molar-refractivity contribution in [2.45, 2.75) is 0 Å². The van der Waals surface area contributed by atoms with Crippen LogP contribution in [0.4, 0.5) is 22.7 Å². The quantitative estimate of drug-likeness (QED) is 0.386. The minimum absolute atomic E-state index is 0. The van der Waals surface area contributed by atoms with E-state index in [0.29, 0.717) is 45.7 Å². The number of rotatable bonds is 4. The highest BCUT2D eigenvalue weighted by Gasteiger charge is 2.10. The summed E-state index contributed by atoms with van der Waals surface area (Å²) >= 11 is 0. The van der Waals surface area contributed by atoms with Crippen molar-refractivity contribution in [3.8, 4) is 23.0 Å². The highest BCUT2D eigenvalue weighted by atomic mass is 35.5. The second-order valence-electron chi connectivity index (χ2n) is 5.28. The van der Waals surface area contributed by atoms with Crippen LogP contribution in [0.25, 0.3) is 0 Å². The van der Waals surface area contributed by atoms with Crippen molar-refractivity contribution < 1.29 is 9.47 Å². The molecule has 3 rings (SSSR count). The summed E-state index contributed by atoms with van der Waals surface area (Å²) in [5.74, 6) is 1.99. The smallest absolute Gasteiger partial charge is 0.154 e. The summed E-state index contributed by atoms with van der Waals surface area (Å²) in [6, 6.07) is 17.3. The summed E-state index contributed by atoms with van der Waals surface area (Å²) in [5, 5.41) is 0. The number of hydrogen-bond donors (Lipinski definition) is 4. The predicted octanol–water partition coefficient (Wildman–Crippen LogP) is 5.29. The lowest BCUT2D eigenvalue weighted by Crippen LogP contribution is -1.98. The molecule has 0 saturated carbocycles. The second kappa shape index (κ2) is 12.2. The van der Waals surface area contributed by atoms with Gasteiger partial charge in [0.1, 0.15) is 11.5 Å². The van der Waals surface area contributed by atoms with Gasteiger partial charge in [0.05, 0.1) is 11.4 Å². The molecule has 3 aromatic carbocycles. The van der Waals surface area contributed by atoms with Gasteiger partial charge in [-0.25, -0.2) is 0 Å². The van der Waals surface area contributed by atoms with Gasteiger partial charge in [-0.15, -0.1) is 49.6 Å². The molecule has 10 heteroatoms. The van der Waals surface area contributed by atoms with E-state index in [1.807, 2.05) is 0 Å². The van der Waals surface area contributed by atoms with Crippen LogP contribution < -0.4 is 32.4 Å². The molecule has 0 amide bonds. The molecule has 0 radical (unpaired) electrons. The van der Waals surface area contributed by atoms with Crippen LogP contribution in [0, 0.1) is 0 Å². The van der Waals surface area contributed by atoms with Gasteiger partial charge in [-0.05, 0) is 30.3 Å². The largest absolute Gasteiger partial charge is 0.455 e. The summed E-state index contributed by atoms with van der Waals surface area (Å²) < 4.78 is 11.6. The second-order valence-corrected chi connectivity index (χ2v) is 5.28. The molecule has 0 aliphatic heterocycles. The van der Waals surface area contributed by atoms with Gasteiger partial charge in [0.25, 0.3) is 0 Å². The van der Waals surface area contributed by atoms with Crippen LogP contribution >= 0.6 is 49.6 Å². The molecule has 0 atom stereocenters. The van der Waals surface area contributed by atoms with Gasteiger partial charge in [-0.2, -0.15) is 0 Å². The molecule has 0 heterocycles. The zero-order chi connectivity index (χ0) is 17.1. The maximum atomic E-state index is 5.98. The molecule has 0 saturated heterocycles. The zero-order valence-electron chi connectivity index (χ0n) is 14.5. The number of nitrogen functional groups attached to an aromatic ring is 4. The molecule has 0 fully saturated rings. The molecular formula is C18H22Cl4N4O2. The fraction of sp³-hybridized carbons (Fsp3) is 0. The van der Waals surface area contributed by atoms with Gasteiger partial charge >= 0.3 is 0 Å². The summed E-state index contributed by atoms with van der Waals surface area (Å²) in [6.07, 6.45) is 0. The average molecular weight is 468 g/mol. The molecular weight excluding hydrogens is 446 g/mol. The van der Waals surface area contributed by atoms with Crippen LogP contribution in [0.5, 0.6) is 23.0 Å². The molecule has 6 nitrogen and oxygen atoms in total. The van der Waals surface area contributed by atoms with Crippen molar-refractivity contribution in [3.05, 3.63) is 60.7 Å². The Labute approximate surface area is 188 Å². The first-order valence-electron chi connectivity index (χ1n) is 7.27. The van der Waals surface area contributed by atoms with Gasteiger partial charge in [0, 0.05) is 29.6 Å². The summed E-state index contributed by atoms with van der Waals surface area (Å²) in [6.45, 7) is 0. The van der Waals surface area contributed by atoms with E-state index in [4.69, 9.17) is 32.4 Å². The number of nitrogens with two attached hydrogens (primary N) is 4.